The highest BCUT2D eigenvalue weighted by molar-refractivity contribution is 5.74. The van der Waals surface area contributed by atoms with Crippen molar-refractivity contribution in [3.63, 3.8) is 0 Å². The molecule has 5 nitrogen and oxygen atoms in total. The fourth-order valence-electron chi connectivity index (χ4n) is 3.19. The molecule has 2 aliphatic rings. The Kier molecular flexibility index (Phi) is 4.70. The quantitative estimate of drug-likeness (QED) is 0.923. The fourth-order valence-corrected chi connectivity index (χ4v) is 3.19. The Hall–Kier alpha value is -1.62. The monoisotopic (exact) mass is 288 g/mol. The van der Waals surface area contributed by atoms with Gasteiger partial charge >= 0.3 is 6.03 Å². The molecule has 5 heteroatoms. The molecule has 1 aromatic rings. The van der Waals surface area contributed by atoms with Crippen LogP contribution in [0.5, 0.6) is 0 Å². The van der Waals surface area contributed by atoms with Crippen LogP contribution in [0, 0.1) is 0 Å². The lowest BCUT2D eigenvalue weighted by Crippen LogP contribution is -2.52. The van der Waals surface area contributed by atoms with Gasteiger partial charge in [0.2, 0.25) is 0 Å². The van der Waals surface area contributed by atoms with Crippen molar-refractivity contribution < 1.29 is 4.79 Å². The van der Waals surface area contributed by atoms with Crippen LogP contribution in [0.1, 0.15) is 31.2 Å². The molecule has 0 aromatic carbocycles. The molecule has 1 saturated carbocycles. The summed E-state index contributed by atoms with van der Waals surface area (Å²) >= 11 is 0. The SMILES string of the molecule is O=C(NC1CCCC1)N1CCN(Cc2cccnc2)CC1. The van der Waals surface area contributed by atoms with Crippen LogP contribution < -0.4 is 5.32 Å². The van der Waals surface area contributed by atoms with Gasteiger partial charge in [0, 0.05) is 51.2 Å². The topological polar surface area (TPSA) is 48.5 Å². The zero-order valence-electron chi connectivity index (χ0n) is 12.5. The number of carbonyl (C=O) groups excluding carboxylic acids is 1. The number of rotatable bonds is 3. The van der Waals surface area contributed by atoms with Crippen LogP contribution in [-0.2, 0) is 6.54 Å². The van der Waals surface area contributed by atoms with Gasteiger partial charge in [0.15, 0.2) is 0 Å². The van der Waals surface area contributed by atoms with Crippen molar-refractivity contribution in [3.05, 3.63) is 30.1 Å². The lowest BCUT2D eigenvalue weighted by atomic mass is 10.2. The Labute approximate surface area is 126 Å². The number of nitrogens with zero attached hydrogens (tertiary/aromatic N) is 3. The first-order chi connectivity index (χ1) is 10.3. The molecule has 0 atom stereocenters. The van der Waals surface area contributed by atoms with Gasteiger partial charge in [0.25, 0.3) is 0 Å². The van der Waals surface area contributed by atoms with E-state index in [9.17, 15) is 4.79 Å². The molecular weight excluding hydrogens is 264 g/mol. The molecule has 0 spiro atoms. The third-order valence-corrected chi connectivity index (χ3v) is 4.47. The third kappa shape index (κ3) is 3.94. The molecule has 3 rings (SSSR count). The largest absolute Gasteiger partial charge is 0.335 e. The summed E-state index contributed by atoms with van der Waals surface area (Å²) in [6, 6.07) is 4.61. The first-order valence-electron chi connectivity index (χ1n) is 7.98. The van der Waals surface area contributed by atoms with E-state index in [2.05, 4.69) is 21.3 Å². The zero-order chi connectivity index (χ0) is 14.5. The van der Waals surface area contributed by atoms with Crippen LogP contribution in [0.4, 0.5) is 4.79 Å². The molecule has 0 radical (unpaired) electrons. The van der Waals surface area contributed by atoms with Gasteiger partial charge in [-0.05, 0) is 24.5 Å². The van der Waals surface area contributed by atoms with E-state index in [1.54, 1.807) is 6.20 Å². The molecule has 0 unspecified atom stereocenters. The first kappa shape index (κ1) is 14.3. The summed E-state index contributed by atoms with van der Waals surface area (Å²) in [5.41, 5.74) is 1.24. The van der Waals surface area contributed by atoms with Gasteiger partial charge in [-0.3, -0.25) is 9.88 Å². The normalized spacial score (nSPS) is 20.7. The summed E-state index contributed by atoms with van der Waals surface area (Å²) in [4.78, 5) is 20.7. The number of aromatic nitrogens is 1. The molecule has 1 aliphatic carbocycles. The van der Waals surface area contributed by atoms with Gasteiger partial charge in [-0.25, -0.2) is 4.79 Å². The Morgan fingerprint density at radius 3 is 2.67 bits per heavy atom. The summed E-state index contributed by atoms with van der Waals surface area (Å²) in [7, 11) is 0. The second-order valence-corrected chi connectivity index (χ2v) is 6.06. The van der Waals surface area contributed by atoms with Crippen molar-refractivity contribution in [1.82, 2.24) is 20.1 Å². The van der Waals surface area contributed by atoms with E-state index in [0.717, 1.165) is 45.6 Å². The molecule has 21 heavy (non-hydrogen) atoms. The Balaban J connectivity index is 1.43. The van der Waals surface area contributed by atoms with E-state index in [1.807, 2.05) is 17.2 Å². The van der Waals surface area contributed by atoms with Crippen molar-refractivity contribution in [3.8, 4) is 0 Å². The average molecular weight is 288 g/mol. The van der Waals surface area contributed by atoms with Gasteiger partial charge in [-0.1, -0.05) is 18.9 Å². The van der Waals surface area contributed by atoms with Crippen LogP contribution in [0.25, 0.3) is 0 Å². The number of hydrogen-bond acceptors (Lipinski definition) is 3. The average Bonchev–Trinajstić information content (AvgIpc) is 3.02. The molecule has 1 N–H and O–H groups in total. The maximum atomic E-state index is 12.2. The van der Waals surface area contributed by atoms with Crippen LogP contribution in [0.3, 0.4) is 0 Å². The minimum atomic E-state index is 0.128. The highest BCUT2D eigenvalue weighted by atomic mass is 16.2. The van der Waals surface area contributed by atoms with E-state index in [-0.39, 0.29) is 6.03 Å². The van der Waals surface area contributed by atoms with Crippen LogP contribution >= 0.6 is 0 Å². The molecule has 0 bridgehead atoms. The summed E-state index contributed by atoms with van der Waals surface area (Å²) in [6.45, 7) is 4.43. The van der Waals surface area contributed by atoms with Crippen molar-refractivity contribution in [2.45, 2.75) is 38.3 Å². The summed E-state index contributed by atoms with van der Waals surface area (Å²) in [5, 5.41) is 3.17. The highest BCUT2D eigenvalue weighted by Gasteiger charge is 2.24. The molecule has 2 amide bonds. The van der Waals surface area contributed by atoms with E-state index in [4.69, 9.17) is 0 Å². The van der Waals surface area contributed by atoms with E-state index < -0.39 is 0 Å². The fraction of sp³-hybridized carbons (Fsp3) is 0.625. The predicted octanol–water partition coefficient (Wildman–Crippen LogP) is 1.85. The molecular formula is C16H24N4O. The van der Waals surface area contributed by atoms with Crippen molar-refractivity contribution in [1.29, 1.82) is 0 Å². The number of urea groups is 1. The first-order valence-corrected chi connectivity index (χ1v) is 7.98. The van der Waals surface area contributed by atoms with Crippen LogP contribution in [0.2, 0.25) is 0 Å². The number of amides is 2. The van der Waals surface area contributed by atoms with Gasteiger partial charge in [-0.2, -0.15) is 0 Å². The van der Waals surface area contributed by atoms with E-state index >= 15 is 0 Å². The Morgan fingerprint density at radius 1 is 1.24 bits per heavy atom. The zero-order valence-corrected chi connectivity index (χ0v) is 12.5. The van der Waals surface area contributed by atoms with E-state index in [1.165, 1.54) is 18.4 Å². The second-order valence-electron chi connectivity index (χ2n) is 6.06. The van der Waals surface area contributed by atoms with Crippen molar-refractivity contribution >= 4 is 6.03 Å². The molecule has 1 aliphatic heterocycles. The standard InChI is InChI=1S/C16H24N4O/c21-16(18-15-5-1-2-6-15)20-10-8-19(9-11-20)13-14-4-3-7-17-12-14/h3-4,7,12,15H,1-2,5-6,8-11,13H2,(H,18,21). The van der Waals surface area contributed by atoms with Crippen molar-refractivity contribution in [2.24, 2.45) is 0 Å². The van der Waals surface area contributed by atoms with Gasteiger partial charge in [0.05, 0.1) is 0 Å². The number of piperazine rings is 1. The molecule has 2 heterocycles. The van der Waals surface area contributed by atoms with Gasteiger partial charge in [0.1, 0.15) is 0 Å². The molecule has 114 valence electrons. The van der Waals surface area contributed by atoms with Crippen LogP contribution in [-0.4, -0.2) is 53.0 Å². The minimum Gasteiger partial charge on any atom is -0.335 e. The van der Waals surface area contributed by atoms with Gasteiger partial charge in [-0.15, -0.1) is 0 Å². The lowest BCUT2D eigenvalue weighted by Gasteiger charge is -2.35. The predicted molar refractivity (Wildman–Crippen MR) is 81.9 cm³/mol. The third-order valence-electron chi connectivity index (χ3n) is 4.47. The number of hydrogen-bond donors (Lipinski definition) is 1. The smallest absolute Gasteiger partial charge is 0.317 e. The minimum absolute atomic E-state index is 0.128. The summed E-state index contributed by atoms with van der Waals surface area (Å²) < 4.78 is 0. The van der Waals surface area contributed by atoms with E-state index in [0.29, 0.717) is 6.04 Å². The number of carbonyl (C=O) groups is 1. The Morgan fingerprint density at radius 2 is 2.00 bits per heavy atom. The maximum absolute atomic E-state index is 12.2. The maximum Gasteiger partial charge on any atom is 0.317 e. The molecule has 1 aromatic heterocycles. The summed E-state index contributed by atoms with van der Waals surface area (Å²) in [5.74, 6) is 0. The Bertz CT molecular complexity index is 451. The summed E-state index contributed by atoms with van der Waals surface area (Å²) in [6.07, 6.45) is 8.51. The van der Waals surface area contributed by atoms with Crippen LogP contribution in [0.15, 0.2) is 24.5 Å². The van der Waals surface area contributed by atoms with Crippen molar-refractivity contribution in [2.75, 3.05) is 26.2 Å². The second kappa shape index (κ2) is 6.89. The number of nitrogens with one attached hydrogen (secondary N) is 1. The molecule has 2 fully saturated rings. The highest BCUT2D eigenvalue weighted by Crippen LogP contribution is 2.18. The van der Waals surface area contributed by atoms with Gasteiger partial charge < -0.3 is 10.2 Å². The molecule has 1 saturated heterocycles. The number of pyridine rings is 1. The lowest BCUT2D eigenvalue weighted by molar-refractivity contribution is 0.133.